The molecule has 31 heavy (non-hydrogen) atoms. The third-order valence-corrected chi connectivity index (χ3v) is 6.26. The summed E-state index contributed by atoms with van der Waals surface area (Å²) in [5, 5.41) is 11.0. The standard InChI is InChI=1S/C23H26N2O5S/c1-2-3-4-5-6-7-14-24-22(26)20(17-10-12-18(13-11-17)25(28)29)21(23(24)27)31-16-19-9-8-15-30-19/h8-13,15H,2-7,14,16H2,1H3. The summed E-state index contributed by atoms with van der Waals surface area (Å²) in [7, 11) is 0. The third-order valence-electron chi connectivity index (χ3n) is 5.17. The predicted molar refractivity (Wildman–Crippen MR) is 120 cm³/mol. The summed E-state index contributed by atoms with van der Waals surface area (Å²) in [6.07, 6.45) is 7.92. The summed E-state index contributed by atoms with van der Waals surface area (Å²) in [6.45, 7) is 2.54. The average molecular weight is 443 g/mol. The molecule has 0 unspecified atom stereocenters. The number of benzene rings is 1. The minimum Gasteiger partial charge on any atom is -0.468 e. The Balaban J connectivity index is 1.77. The Bertz CT molecular complexity index is 951. The van der Waals surface area contributed by atoms with Crippen LogP contribution in [0.2, 0.25) is 0 Å². The van der Waals surface area contributed by atoms with Crippen molar-refractivity contribution >= 4 is 34.8 Å². The van der Waals surface area contributed by atoms with Crippen molar-refractivity contribution in [3.8, 4) is 0 Å². The molecular weight excluding hydrogens is 416 g/mol. The van der Waals surface area contributed by atoms with Gasteiger partial charge in [0.25, 0.3) is 17.5 Å². The number of imide groups is 1. The molecule has 0 aliphatic carbocycles. The Morgan fingerprint density at radius 3 is 2.35 bits per heavy atom. The minimum atomic E-state index is -0.489. The molecule has 164 valence electrons. The molecular formula is C23H26N2O5S. The van der Waals surface area contributed by atoms with E-state index in [1.165, 1.54) is 53.8 Å². The van der Waals surface area contributed by atoms with Crippen LogP contribution in [0.25, 0.3) is 5.57 Å². The number of nitro groups is 1. The highest BCUT2D eigenvalue weighted by Crippen LogP contribution is 2.38. The van der Waals surface area contributed by atoms with E-state index in [4.69, 9.17) is 4.42 Å². The van der Waals surface area contributed by atoms with E-state index in [0.29, 0.717) is 34.1 Å². The maximum Gasteiger partial charge on any atom is 0.269 e. The second kappa shape index (κ2) is 10.9. The Morgan fingerprint density at radius 1 is 1.00 bits per heavy atom. The molecule has 0 bridgehead atoms. The van der Waals surface area contributed by atoms with E-state index in [0.717, 1.165) is 25.7 Å². The normalized spacial score (nSPS) is 14.0. The van der Waals surface area contributed by atoms with Crippen LogP contribution in [-0.2, 0) is 15.3 Å². The van der Waals surface area contributed by atoms with Crippen LogP contribution in [0.1, 0.15) is 56.8 Å². The number of amides is 2. The van der Waals surface area contributed by atoms with Crippen LogP contribution in [0, 0.1) is 10.1 Å². The molecule has 0 atom stereocenters. The fourth-order valence-electron chi connectivity index (χ4n) is 3.48. The lowest BCUT2D eigenvalue weighted by molar-refractivity contribution is -0.384. The van der Waals surface area contributed by atoms with Crippen LogP contribution in [0.4, 0.5) is 5.69 Å². The Labute approximate surface area is 185 Å². The fourth-order valence-corrected chi connectivity index (χ4v) is 4.52. The lowest BCUT2D eigenvalue weighted by Gasteiger charge is -2.15. The van der Waals surface area contributed by atoms with Crippen molar-refractivity contribution in [2.45, 2.75) is 51.2 Å². The van der Waals surface area contributed by atoms with Crippen LogP contribution in [0.5, 0.6) is 0 Å². The van der Waals surface area contributed by atoms with Gasteiger partial charge in [-0.15, -0.1) is 11.8 Å². The number of nitro benzene ring substituents is 1. The fraction of sp³-hybridized carbons (Fsp3) is 0.391. The van der Waals surface area contributed by atoms with Gasteiger partial charge < -0.3 is 4.42 Å². The molecule has 1 aliphatic heterocycles. The number of unbranched alkanes of at least 4 members (excludes halogenated alkanes) is 5. The first kappa shape index (κ1) is 22.8. The first-order valence-electron chi connectivity index (χ1n) is 10.5. The third kappa shape index (κ3) is 5.64. The van der Waals surface area contributed by atoms with E-state index in [1.807, 2.05) is 6.07 Å². The molecule has 2 heterocycles. The molecule has 0 radical (unpaired) electrons. The average Bonchev–Trinajstić information content (AvgIpc) is 3.36. The molecule has 0 N–H and O–H groups in total. The number of rotatable bonds is 12. The Morgan fingerprint density at radius 2 is 1.71 bits per heavy atom. The summed E-state index contributed by atoms with van der Waals surface area (Å²) >= 11 is 1.26. The minimum absolute atomic E-state index is 0.0603. The number of nitrogens with zero attached hydrogens (tertiary/aromatic N) is 2. The molecule has 0 saturated carbocycles. The number of non-ortho nitro benzene ring substituents is 1. The van der Waals surface area contributed by atoms with E-state index in [9.17, 15) is 19.7 Å². The van der Waals surface area contributed by atoms with Crippen LogP contribution in [-0.4, -0.2) is 28.2 Å². The SMILES string of the molecule is CCCCCCCCN1C(=O)C(SCc2ccco2)=C(c2ccc([N+](=O)[O-])cc2)C1=O. The molecule has 0 saturated heterocycles. The van der Waals surface area contributed by atoms with Gasteiger partial charge in [-0.2, -0.15) is 0 Å². The van der Waals surface area contributed by atoms with E-state index in [2.05, 4.69) is 6.92 Å². The molecule has 0 spiro atoms. The van der Waals surface area contributed by atoms with E-state index >= 15 is 0 Å². The number of thioether (sulfide) groups is 1. The summed E-state index contributed by atoms with van der Waals surface area (Å²) < 4.78 is 5.35. The molecule has 2 amide bonds. The van der Waals surface area contributed by atoms with Crippen molar-refractivity contribution in [1.29, 1.82) is 0 Å². The maximum atomic E-state index is 13.1. The largest absolute Gasteiger partial charge is 0.468 e. The molecule has 2 aromatic rings. The number of hydrogen-bond donors (Lipinski definition) is 0. The van der Waals surface area contributed by atoms with Gasteiger partial charge in [-0.05, 0) is 36.2 Å². The molecule has 8 heteroatoms. The molecule has 7 nitrogen and oxygen atoms in total. The van der Waals surface area contributed by atoms with Crippen molar-refractivity contribution in [3.05, 3.63) is 69.0 Å². The van der Waals surface area contributed by atoms with Gasteiger partial charge in [-0.3, -0.25) is 24.6 Å². The highest BCUT2D eigenvalue weighted by molar-refractivity contribution is 8.03. The summed E-state index contributed by atoms with van der Waals surface area (Å²) in [6, 6.07) is 9.35. The van der Waals surface area contributed by atoms with Crippen molar-refractivity contribution in [3.63, 3.8) is 0 Å². The van der Waals surface area contributed by atoms with E-state index < -0.39 is 4.92 Å². The van der Waals surface area contributed by atoms with Gasteiger partial charge in [0.15, 0.2) is 0 Å². The van der Waals surface area contributed by atoms with Gasteiger partial charge in [-0.1, -0.05) is 39.0 Å². The topological polar surface area (TPSA) is 93.7 Å². The molecule has 1 aromatic carbocycles. The molecule has 1 aromatic heterocycles. The summed E-state index contributed by atoms with van der Waals surface area (Å²) in [4.78, 5) is 38.4. The van der Waals surface area contributed by atoms with Crippen molar-refractivity contribution in [2.75, 3.05) is 6.54 Å². The van der Waals surface area contributed by atoms with Gasteiger partial charge in [0, 0.05) is 18.7 Å². The van der Waals surface area contributed by atoms with Gasteiger partial charge >= 0.3 is 0 Å². The molecule has 0 fully saturated rings. The van der Waals surface area contributed by atoms with Crippen molar-refractivity contribution in [1.82, 2.24) is 4.90 Å². The quantitative estimate of drug-likeness (QED) is 0.185. The molecule has 1 aliphatic rings. The van der Waals surface area contributed by atoms with Gasteiger partial charge in [-0.25, -0.2) is 0 Å². The summed E-state index contributed by atoms with van der Waals surface area (Å²) in [5.41, 5.74) is 0.758. The number of furan rings is 1. The van der Waals surface area contributed by atoms with Gasteiger partial charge in [0.1, 0.15) is 5.76 Å². The second-order valence-electron chi connectivity index (χ2n) is 7.41. The lowest BCUT2D eigenvalue weighted by atomic mass is 10.1. The molecule has 3 rings (SSSR count). The number of carbonyl (C=O) groups excluding carboxylic acids is 2. The predicted octanol–water partition coefficient (Wildman–Crippen LogP) is 5.56. The maximum absolute atomic E-state index is 13.1. The van der Waals surface area contributed by atoms with E-state index in [1.54, 1.807) is 12.3 Å². The van der Waals surface area contributed by atoms with Crippen molar-refractivity contribution < 1.29 is 18.9 Å². The zero-order valence-electron chi connectivity index (χ0n) is 17.5. The zero-order valence-corrected chi connectivity index (χ0v) is 18.4. The Hall–Kier alpha value is -2.87. The van der Waals surface area contributed by atoms with Crippen LogP contribution in [0.15, 0.2) is 52.0 Å². The monoisotopic (exact) mass is 442 g/mol. The Kier molecular flexibility index (Phi) is 8.06. The second-order valence-corrected chi connectivity index (χ2v) is 8.39. The van der Waals surface area contributed by atoms with E-state index in [-0.39, 0.29) is 17.5 Å². The lowest BCUT2D eigenvalue weighted by Crippen LogP contribution is -2.32. The first-order chi connectivity index (χ1) is 15.0. The van der Waals surface area contributed by atoms with Crippen LogP contribution >= 0.6 is 11.8 Å². The van der Waals surface area contributed by atoms with Gasteiger partial charge in [0.05, 0.1) is 27.4 Å². The van der Waals surface area contributed by atoms with Crippen molar-refractivity contribution in [2.24, 2.45) is 0 Å². The smallest absolute Gasteiger partial charge is 0.269 e. The highest BCUT2D eigenvalue weighted by atomic mass is 32.2. The number of hydrogen-bond acceptors (Lipinski definition) is 6. The summed E-state index contributed by atoms with van der Waals surface area (Å²) in [5.74, 6) is 0.482. The zero-order chi connectivity index (χ0) is 22.2. The van der Waals surface area contributed by atoms with Crippen LogP contribution < -0.4 is 0 Å². The highest BCUT2D eigenvalue weighted by Gasteiger charge is 2.39. The van der Waals surface area contributed by atoms with Crippen LogP contribution in [0.3, 0.4) is 0 Å². The number of carbonyl (C=O) groups is 2. The van der Waals surface area contributed by atoms with Gasteiger partial charge in [0.2, 0.25) is 0 Å². The first-order valence-corrected chi connectivity index (χ1v) is 11.5.